The first kappa shape index (κ1) is 18.8. The van der Waals surface area contributed by atoms with Crippen molar-refractivity contribution in [2.24, 2.45) is 13.0 Å². The van der Waals surface area contributed by atoms with Crippen molar-refractivity contribution in [1.29, 1.82) is 0 Å². The minimum Gasteiger partial charge on any atom is -0.342 e. The van der Waals surface area contributed by atoms with Gasteiger partial charge in [0.25, 0.3) is 5.91 Å². The Hall–Kier alpha value is -3.55. The van der Waals surface area contributed by atoms with Crippen molar-refractivity contribution < 1.29 is 4.79 Å². The summed E-state index contributed by atoms with van der Waals surface area (Å²) in [7, 11) is 1.84. The van der Waals surface area contributed by atoms with E-state index in [1.165, 1.54) is 6.33 Å². The maximum atomic E-state index is 12.9. The van der Waals surface area contributed by atoms with Crippen LogP contribution in [0.4, 0.5) is 0 Å². The molecule has 8 nitrogen and oxygen atoms in total. The molecule has 8 heteroatoms. The summed E-state index contributed by atoms with van der Waals surface area (Å²) in [5.74, 6) is 1.03. The highest BCUT2D eigenvalue weighted by Gasteiger charge is 2.21. The maximum absolute atomic E-state index is 12.9. The lowest BCUT2D eigenvalue weighted by Crippen LogP contribution is -2.31. The number of benzene rings is 1. The molecule has 1 amide bonds. The highest BCUT2D eigenvalue weighted by atomic mass is 16.1. The van der Waals surface area contributed by atoms with Crippen molar-refractivity contribution in [3.8, 4) is 11.3 Å². The van der Waals surface area contributed by atoms with Gasteiger partial charge in [0.2, 0.25) is 0 Å². The summed E-state index contributed by atoms with van der Waals surface area (Å²) in [6, 6.07) is 7.32. The third kappa shape index (κ3) is 3.87. The van der Waals surface area contributed by atoms with Gasteiger partial charge in [-0.25, -0.2) is 9.97 Å². The number of carbonyl (C=O) groups excluding carboxylic acids is 1. The topological polar surface area (TPSA) is 90.0 Å². The van der Waals surface area contributed by atoms with E-state index in [9.17, 15) is 4.79 Å². The standard InChI is InChI=1S/C21H23N7O/c1-14(2)10-17(20-24-13-25-27(20)3)26-21(29)16-6-4-15(5-7-16)18-11-23-19-12-22-8-9-28(18)19/h4-9,11-14,17H,10H2,1-3H3,(H,26,29). The average molecular weight is 389 g/mol. The fraction of sp³-hybridized carbons (Fsp3) is 0.286. The fourth-order valence-electron chi connectivity index (χ4n) is 3.41. The molecule has 0 aliphatic carbocycles. The molecule has 1 aromatic carbocycles. The molecule has 1 unspecified atom stereocenters. The molecule has 4 rings (SSSR count). The SMILES string of the molecule is CC(C)CC(NC(=O)c1ccc(-c2cnc3cnccn23)cc1)c1ncnn1C. The molecule has 1 N–H and O–H groups in total. The fourth-order valence-corrected chi connectivity index (χ4v) is 3.41. The number of aryl methyl sites for hydroxylation is 1. The predicted molar refractivity (Wildman–Crippen MR) is 109 cm³/mol. The van der Waals surface area contributed by atoms with E-state index in [-0.39, 0.29) is 11.9 Å². The van der Waals surface area contributed by atoms with Crippen molar-refractivity contribution in [3.05, 3.63) is 66.8 Å². The number of nitrogens with one attached hydrogen (secondary N) is 1. The molecule has 0 fully saturated rings. The zero-order chi connectivity index (χ0) is 20.4. The quantitative estimate of drug-likeness (QED) is 0.547. The van der Waals surface area contributed by atoms with Crippen molar-refractivity contribution >= 4 is 11.6 Å². The molecular weight excluding hydrogens is 366 g/mol. The van der Waals surface area contributed by atoms with Gasteiger partial charge in [0.15, 0.2) is 5.65 Å². The van der Waals surface area contributed by atoms with Gasteiger partial charge in [0.1, 0.15) is 12.2 Å². The monoisotopic (exact) mass is 389 g/mol. The molecule has 3 heterocycles. The molecule has 4 aromatic rings. The third-order valence-electron chi connectivity index (χ3n) is 4.83. The second kappa shape index (κ2) is 7.83. The van der Waals surface area contributed by atoms with E-state index in [0.29, 0.717) is 11.5 Å². The first-order chi connectivity index (χ1) is 14.0. The molecule has 29 heavy (non-hydrogen) atoms. The Kier molecular flexibility index (Phi) is 5.07. The number of carbonyl (C=O) groups is 1. The smallest absolute Gasteiger partial charge is 0.251 e. The number of imidazole rings is 1. The number of amides is 1. The number of nitrogens with zero attached hydrogens (tertiary/aromatic N) is 6. The zero-order valence-corrected chi connectivity index (χ0v) is 16.6. The molecule has 0 radical (unpaired) electrons. The minimum absolute atomic E-state index is 0.132. The molecule has 0 saturated carbocycles. The van der Waals surface area contributed by atoms with Crippen LogP contribution >= 0.6 is 0 Å². The van der Waals surface area contributed by atoms with Crippen LogP contribution in [0.3, 0.4) is 0 Å². The van der Waals surface area contributed by atoms with Crippen LogP contribution in [0.15, 0.2) is 55.4 Å². The van der Waals surface area contributed by atoms with Crippen LogP contribution in [0, 0.1) is 5.92 Å². The summed E-state index contributed by atoms with van der Waals surface area (Å²) < 4.78 is 3.67. The van der Waals surface area contributed by atoms with Gasteiger partial charge in [0, 0.05) is 30.6 Å². The molecule has 0 spiro atoms. The Morgan fingerprint density at radius 3 is 2.62 bits per heavy atom. The summed E-state index contributed by atoms with van der Waals surface area (Å²) in [5, 5.41) is 7.23. The lowest BCUT2D eigenvalue weighted by atomic mass is 10.0. The van der Waals surface area contributed by atoms with Crippen molar-refractivity contribution in [2.75, 3.05) is 0 Å². The number of hydrogen-bond acceptors (Lipinski definition) is 5. The molecule has 0 bridgehead atoms. The number of aromatic nitrogens is 6. The van der Waals surface area contributed by atoms with Crippen LogP contribution in [-0.2, 0) is 7.05 Å². The first-order valence-electron chi connectivity index (χ1n) is 9.55. The molecule has 0 aliphatic rings. The van der Waals surface area contributed by atoms with Crippen molar-refractivity contribution in [2.45, 2.75) is 26.3 Å². The largest absolute Gasteiger partial charge is 0.342 e. The molecule has 1 atom stereocenters. The van der Waals surface area contributed by atoms with Crippen molar-refractivity contribution in [3.63, 3.8) is 0 Å². The Morgan fingerprint density at radius 1 is 1.14 bits per heavy atom. The van der Waals surface area contributed by atoms with Crippen LogP contribution in [0.5, 0.6) is 0 Å². The van der Waals surface area contributed by atoms with Gasteiger partial charge in [-0.3, -0.25) is 18.9 Å². The number of hydrogen-bond donors (Lipinski definition) is 1. The van der Waals surface area contributed by atoms with Gasteiger partial charge in [-0.05, 0) is 24.5 Å². The van der Waals surface area contributed by atoms with E-state index >= 15 is 0 Å². The van der Waals surface area contributed by atoms with Gasteiger partial charge in [-0.15, -0.1) is 0 Å². The highest BCUT2D eigenvalue weighted by molar-refractivity contribution is 5.94. The average Bonchev–Trinajstić information content (AvgIpc) is 3.33. The van der Waals surface area contributed by atoms with Crippen LogP contribution in [0.1, 0.15) is 42.5 Å². The second-order valence-electron chi connectivity index (χ2n) is 7.42. The normalized spacial score (nSPS) is 12.4. The Morgan fingerprint density at radius 2 is 1.93 bits per heavy atom. The Balaban J connectivity index is 1.55. The molecule has 148 valence electrons. The van der Waals surface area contributed by atoms with Gasteiger partial charge in [-0.2, -0.15) is 5.10 Å². The van der Waals surface area contributed by atoms with E-state index in [1.807, 2.05) is 41.9 Å². The summed E-state index contributed by atoms with van der Waals surface area (Å²) in [6.07, 6.45) is 9.41. The number of rotatable bonds is 6. The maximum Gasteiger partial charge on any atom is 0.251 e. The van der Waals surface area contributed by atoms with E-state index in [1.54, 1.807) is 23.3 Å². The van der Waals surface area contributed by atoms with Gasteiger partial charge in [0.05, 0.1) is 24.1 Å². The summed E-state index contributed by atoms with van der Waals surface area (Å²) >= 11 is 0. The lowest BCUT2D eigenvalue weighted by Gasteiger charge is -2.20. The Bertz CT molecular complexity index is 1130. The zero-order valence-electron chi connectivity index (χ0n) is 16.6. The number of fused-ring (bicyclic) bond motifs is 1. The molecule has 0 aliphatic heterocycles. The van der Waals surface area contributed by atoms with Crippen LogP contribution < -0.4 is 5.32 Å². The van der Waals surface area contributed by atoms with Gasteiger partial charge < -0.3 is 5.32 Å². The van der Waals surface area contributed by atoms with E-state index in [2.05, 4.69) is 39.2 Å². The lowest BCUT2D eigenvalue weighted by molar-refractivity contribution is 0.0929. The van der Waals surface area contributed by atoms with Gasteiger partial charge in [-0.1, -0.05) is 26.0 Å². The van der Waals surface area contributed by atoms with E-state index < -0.39 is 0 Å². The van der Waals surface area contributed by atoms with E-state index in [4.69, 9.17) is 0 Å². The minimum atomic E-state index is -0.194. The second-order valence-corrected chi connectivity index (χ2v) is 7.42. The predicted octanol–water partition coefficient (Wildman–Crippen LogP) is 3.04. The molecular formula is C21H23N7O. The Labute approximate surface area is 168 Å². The summed E-state index contributed by atoms with van der Waals surface area (Å²) in [6.45, 7) is 4.24. The highest BCUT2D eigenvalue weighted by Crippen LogP contribution is 2.22. The third-order valence-corrected chi connectivity index (χ3v) is 4.83. The summed E-state index contributed by atoms with van der Waals surface area (Å²) in [5.41, 5.74) is 3.31. The first-order valence-corrected chi connectivity index (χ1v) is 9.55. The van der Waals surface area contributed by atoms with Crippen LogP contribution in [-0.4, -0.2) is 35.0 Å². The molecule has 3 aromatic heterocycles. The summed E-state index contributed by atoms with van der Waals surface area (Å²) in [4.78, 5) is 25.6. The van der Waals surface area contributed by atoms with Crippen LogP contribution in [0.25, 0.3) is 16.9 Å². The van der Waals surface area contributed by atoms with Crippen molar-refractivity contribution in [1.82, 2.24) is 34.4 Å². The molecule has 0 saturated heterocycles. The van der Waals surface area contributed by atoms with Gasteiger partial charge >= 0.3 is 0 Å². The van der Waals surface area contributed by atoms with Crippen LogP contribution in [0.2, 0.25) is 0 Å². The van der Waals surface area contributed by atoms with E-state index in [0.717, 1.165) is 29.1 Å².